The smallest absolute Gasteiger partial charge is 0.197 e. The fourth-order valence-electron chi connectivity index (χ4n) is 4.96. The van der Waals surface area contributed by atoms with Gasteiger partial charge in [0.15, 0.2) is 5.91 Å². The van der Waals surface area contributed by atoms with Crippen LogP contribution in [0.3, 0.4) is 0 Å². The van der Waals surface area contributed by atoms with Crippen molar-refractivity contribution in [3.05, 3.63) is 77.3 Å². The molecule has 1 N–H and O–H groups in total. The summed E-state index contributed by atoms with van der Waals surface area (Å²) in [6.45, 7) is 4.68. The zero-order valence-corrected chi connectivity index (χ0v) is 22.8. The number of likely N-dealkylation sites (tertiary alicyclic amines) is 1. The van der Waals surface area contributed by atoms with Crippen molar-refractivity contribution in [3.8, 4) is 0 Å². The number of hydrogen-bond donors (Lipinski definition) is 1. The zero-order valence-electron chi connectivity index (χ0n) is 19.9. The number of hydrogen-bond acceptors (Lipinski definition) is 3. The second-order valence-corrected chi connectivity index (χ2v) is 9.87. The summed E-state index contributed by atoms with van der Waals surface area (Å²) >= 11 is 0. The number of carbonyl (C=O) groups excluding carboxylic acids is 2. The SMILES string of the molecule is O=C1CCc2ccc(Cc3ccccc3)cc2CN1[CH-]C(=O)N1CCC(NCC2CC2)CC1.[Y]. The molecule has 2 aliphatic heterocycles. The Hall–Kier alpha value is -1.69. The normalized spacial score (nSPS) is 18.6. The minimum absolute atomic E-state index is 0. The molecule has 0 atom stereocenters. The molecular weight excluding hydrogens is 499 g/mol. The number of nitrogens with zero attached hydrogens (tertiary/aromatic N) is 2. The zero-order chi connectivity index (χ0) is 22.6. The number of amides is 2. The molecule has 0 bridgehead atoms. The van der Waals surface area contributed by atoms with Gasteiger partial charge in [-0.3, -0.25) is 4.79 Å². The van der Waals surface area contributed by atoms with Crippen molar-refractivity contribution in [1.29, 1.82) is 0 Å². The number of nitrogens with one attached hydrogen (secondary N) is 1. The van der Waals surface area contributed by atoms with Gasteiger partial charge in [-0.25, -0.2) is 6.54 Å². The van der Waals surface area contributed by atoms with E-state index in [1.54, 1.807) is 11.4 Å². The summed E-state index contributed by atoms with van der Waals surface area (Å²) in [5.41, 5.74) is 4.88. The molecule has 2 heterocycles. The predicted molar refractivity (Wildman–Crippen MR) is 129 cm³/mol. The Kier molecular flexibility index (Phi) is 8.84. The molecule has 0 unspecified atom stereocenters. The largest absolute Gasteiger partial charge is 0.465 e. The summed E-state index contributed by atoms with van der Waals surface area (Å²) in [6.07, 6.45) is 6.75. The van der Waals surface area contributed by atoms with Gasteiger partial charge < -0.3 is 19.9 Å². The molecule has 5 rings (SSSR count). The second kappa shape index (κ2) is 11.8. The van der Waals surface area contributed by atoms with Crippen LogP contribution in [0.25, 0.3) is 0 Å². The van der Waals surface area contributed by atoms with Gasteiger partial charge in [-0.1, -0.05) is 48.5 Å². The van der Waals surface area contributed by atoms with Crippen LogP contribution in [-0.2, 0) is 61.7 Å². The van der Waals surface area contributed by atoms with Crippen molar-refractivity contribution in [3.63, 3.8) is 0 Å². The van der Waals surface area contributed by atoms with E-state index in [1.807, 2.05) is 11.0 Å². The maximum absolute atomic E-state index is 13.0. The van der Waals surface area contributed by atoms with Gasteiger partial charge in [0.25, 0.3) is 0 Å². The molecule has 1 aliphatic carbocycles. The van der Waals surface area contributed by atoms with Crippen LogP contribution in [0, 0.1) is 12.5 Å². The standard InChI is InChI=1S/C28H34N3O2.Y/c32-27-11-10-24-9-8-23(16-21-4-2-1-3-5-21)17-25(24)19-31(27)20-28(33)30-14-12-26(13-15-30)29-18-22-6-7-22;/h1-5,8-9,17,20,22,26,29H,6-7,10-16,18-19H2;/q-1;. The van der Waals surface area contributed by atoms with Crippen LogP contribution in [0.1, 0.15) is 54.4 Å². The van der Waals surface area contributed by atoms with Gasteiger partial charge in [-0.05, 0) is 73.2 Å². The van der Waals surface area contributed by atoms with E-state index in [4.69, 9.17) is 0 Å². The average molecular weight is 534 g/mol. The summed E-state index contributed by atoms with van der Waals surface area (Å²) in [6, 6.07) is 17.5. The first-order chi connectivity index (χ1) is 16.1. The van der Waals surface area contributed by atoms with Crippen molar-refractivity contribution in [2.24, 2.45) is 5.92 Å². The van der Waals surface area contributed by atoms with E-state index in [2.05, 4.69) is 47.8 Å². The number of aryl methyl sites for hydroxylation is 1. The molecule has 2 amide bonds. The van der Waals surface area contributed by atoms with Gasteiger partial charge in [0.1, 0.15) is 5.91 Å². The monoisotopic (exact) mass is 533 g/mol. The Morgan fingerprint density at radius 1 is 0.941 bits per heavy atom. The molecule has 2 fully saturated rings. The van der Waals surface area contributed by atoms with Crippen molar-refractivity contribution in [1.82, 2.24) is 15.1 Å². The van der Waals surface area contributed by atoms with Gasteiger partial charge in [-0.2, -0.15) is 0 Å². The third-order valence-electron chi connectivity index (χ3n) is 7.26. The first-order valence-electron chi connectivity index (χ1n) is 12.5. The molecule has 0 spiro atoms. The van der Waals surface area contributed by atoms with Crippen LogP contribution in [0.2, 0.25) is 0 Å². The Morgan fingerprint density at radius 3 is 2.44 bits per heavy atom. The first-order valence-corrected chi connectivity index (χ1v) is 12.5. The minimum Gasteiger partial charge on any atom is -0.465 e. The maximum Gasteiger partial charge on any atom is 0.197 e. The topological polar surface area (TPSA) is 52.7 Å². The van der Waals surface area contributed by atoms with Crippen LogP contribution in [0.5, 0.6) is 0 Å². The summed E-state index contributed by atoms with van der Waals surface area (Å²) in [7, 11) is 0. The molecule has 1 saturated carbocycles. The maximum atomic E-state index is 13.0. The van der Waals surface area contributed by atoms with Gasteiger partial charge >= 0.3 is 0 Å². The molecule has 177 valence electrons. The molecule has 5 nitrogen and oxygen atoms in total. The molecule has 1 saturated heterocycles. The second-order valence-electron chi connectivity index (χ2n) is 9.87. The molecule has 0 aromatic heterocycles. The van der Waals surface area contributed by atoms with E-state index in [1.165, 1.54) is 29.5 Å². The Morgan fingerprint density at radius 2 is 1.71 bits per heavy atom. The van der Waals surface area contributed by atoms with Gasteiger partial charge in [0.05, 0.1) is 0 Å². The number of piperidine rings is 1. The van der Waals surface area contributed by atoms with E-state index in [9.17, 15) is 9.59 Å². The summed E-state index contributed by atoms with van der Waals surface area (Å²) in [5.74, 6) is 0.876. The molecule has 6 heteroatoms. The predicted octanol–water partition coefficient (Wildman–Crippen LogP) is 3.70. The summed E-state index contributed by atoms with van der Waals surface area (Å²) in [4.78, 5) is 29.3. The molecule has 34 heavy (non-hydrogen) atoms. The quantitative estimate of drug-likeness (QED) is 0.553. The number of benzene rings is 2. The third kappa shape index (κ3) is 6.71. The number of fused-ring (bicyclic) bond motifs is 1. The number of carbonyl (C=O) groups is 2. The van der Waals surface area contributed by atoms with Crippen molar-refractivity contribution >= 4 is 11.8 Å². The molecule has 2 aromatic rings. The van der Waals surface area contributed by atoms with E-state index in [0.29, 0.717) is 19.0 Å². The Bertz CT molecular complexity index is 984. The van der Waals surface area contributed by atoms with E-state index in [0.717, 1.165) is 56.8 Å². The van der Waals surface area contributed by atoms with E-state index < -0.39 is 0 Å². The molecule has 2 aromatic carbocycles. The van der Waals surface area contributed by atoms with Crippen LogP contribution in [-0.4, -0.2) is 47.3 Å². The van der Waals surface area contributed by atoms with Crippen LogP contribution in [0.15, 0.2) is 48.5 Å². The number of rotatable bonds is 7. The fourth-order valence-corrected chi connectivity index (χ4v) is 4.96. The van der Waals surface area contributed by atoms with Gasteiger partial charge in [0, 0.05) is 64.8 Å². The van der Waals surface area contributed by atoms with E-state index in [-0.39, 0.29) is 44.5 Å². The minimum atomic E-state index is -0.0344. The molecular formula is C28H34N3O2Y-. The van der Waals surface area contributed by atoms with Crippen LogP contribution < -0.4 is 5.32 Å². The van der Waals surface area contributed by atoms with Crippen LogP contribution >= 0.6 is 0 Å². The first kappa shape index (κ1) is 25.4. The third-order valence-corrected chi connectivity index (χ3v) is 7.26. The van der Waals surface area contributed by atoms with Crippen molar-refractivity contribution in [2.45, 2.75) is 57.5 Å². The molecule has 3 aliphatic rings. The fraction of sp³-hybridized carbons (Fsp3) is 0.464. The van der Waals surface area contributed by atoms with Crippen molar-refractivity contribution < 1.29 is 42.3 Å². The summed E-state index contributed by atoms with van der Waals surface area (Å²) in [5, 5.41) is 3.66. The van der Waals surface area contributed by atoms with E-state index >= 15 is 0 Å². The summed E-state index contributed by atoms with van der Waals surface area (Å²) < 4.78 is 0. The van der Waals surface area contributed by atoms with Gasteiger partial charge in [-0.15, -0.1) is 0 Å². The molecule has 1 radical (unpaired) electrons. The van der Waals surface area contributed by atoms with Crippen molar-refractivity contribution in [2.75, 3.05) is 19.6 Å². The average Bonchev–Trinajstić information content (AvgIpc) is 3.68. The Balaban J connectivity index is 0.00000274. The Labute approximate surface area is 228 Å². The van der Waals surface area contributed by atoms with Gasteiger partial charge in [0.2, 0.25) is 0 Å². The van der Waals surface area contributed by atoms with Crippen LogP contribution in [0.4, 0.5) is 0 Å².